The van der Waals surface area contributed by atoms with E-state index >= 15 is 0 Å². The van der Waals surface area contributed by atoms with Crippen molar-refractivity contribution in [2.75, 3.05) is 32.0 Å². The van der Waals surface area contributed by atoms with Crippen molar-refractivity contribution in [2.24, 2.45) is 11.8 Å². The van der Waals surface area contributed by atoms with Crippen LogP contribution in [0, 0.1) is 11.8 Å². The maximum atomic E-state index is 12.6. The van der Waals surface area contributed by atoms with E-state index in [1.165, 1.54) is 0 Å². The summed E-state index contributed by atoms with van der Waals surface area (Å²) < 4.78 is 5.82. The van der Waals surface area contributed by atoms with Crippen molar-refractivity contribution < 1.29 is 19.4 Å². The number of nitrogen functional groups attached to an aromatic ring is 1. The summed E-state index contributed by atoms with van der Waals surface area (Å²) >= 11 is 6.12. The quantitative estimate of drug-likeness (QED) is 0.478. The van der Waals surface area contributed by atoms with E-state index in [0.29, 0.717) is 61.3 Å². The SMILES string of the molecule is Nc1ccc(OCC2CCN(C(=O)C3CC(CO)(NC=O)C3)CC2)c(Cl)c1. The first kappa shape index (κ1) is 19.8. The molecule has 1 aliphatic heterocycles. The number of carbonyl (C=O) groups is 2. The number of benzene rings is 1. The van der Waals surface area contributed by atoms with Crippen molar-refractivity contribution in [2.45, 2.75) is 31.2 Å². The second-order valence-electron chi connectivity index (χ2n) is 7.58. The highest BCUT2D eigenvalue weighted by Gasteiger charge is 2.48. The van der Waals surface area contributed by atoms with Crippen LogP contribution in [0.4, 0.5) is 5.69 Å². The van der Waals surface area contributed by atoms with E-state index in [-0.39, 0.29) is 18.4 Å². The molecule has 1 heterocycles. The Kier molecular flexibility index (Phi) is 6.11. The Bertz CT molecular complexity index is 686. The van der Waals surface area contributed by atoms with Crippen LogP contribution < -0.4 is 15.8 Å². The van der Waals surface area contributed by atoms with Crippen LogP contribution in [-0.4, -0.2) is 54.2 Å². The highest BCUT2D eigenvalue weighted by atomic mass is 35.5. The fraction of sp³-hybridized carbons (Fsp3) is 0.579. The Hall–Kier alpha value is -1.99. The minimum Gasteiger partial charge on any atom is -0.492 e. The molecule has 1 saturated heterocycles. The number of nitrogens with zero attached hydrogens (tertiary/aromatic N) is 1. The van der Waals surface area contributed by atoms with E-state index < -0.39 is 5.54 Å². The van der Waals surface area contributed by atoms with Crippen LogP contribution in [0.15, 0.2) is 18.2 Å². The second kappa shape index (κ2) is 8.35. The zero-order valence-corrected chi connectivity index (χ0v) is 16.0. The first-order chi connectivity index (χ1) is 13.0. The minimum absolute atomic E-state index is 0.118. The number of piperidine rings is 1. The van der Waals surface area contributed by atoms with Crippen LogP contribution in [0.2, 0.25) is 5.02 Å². The van der Waals surface area contributed by atoms with Gasteiger partial charge in [-0.05, 0) is 49.8 Å². The Morgan fingerprint density at radius 2 is 2.11 bits per heavy atom. The number of likely N-dealkylation sites (tertiary alicyclic amines) is 1. The van der Waals surface area contributed by atoms with Crippen LogP contribution >= 0.6 is 11.6 Å². The highest BCUT2D eigenvalue weighted by molar-refractivity contribution is 6.32. The summed E-state index contributed by atoms with van der Waals surface area (Å²) in [6.45, 7) is 1.83. The van der Waals surface area contributed by atoms with Crippen LogP contribution in [0.5, 0.6) is 5.75 Å². The van der Waals surface area contributed by atoms with Gasteiger partial charge in [0.05, 0.1) is 23.8 Å². The van der Waals surface area contributed by atoms with Gasteiger partial charge in [0.1, 0.15) is 5.75 Å². The van der Waals surface area contributed by atoms with Crippen molar-refractivity contribution in [1.29, 1.82) is 0 Å². The van der Waals surface area contributed by atoms with Gasteiger partial charge in [-0.2, -0.15) is 0 Å². The lowest BCUT2D eigenvalue weighted by molar-refractivity contribution is -0.145. The van der Waals surface area contributed by atoms with Crippen LogP contribution in [0.3, 0.4) is 0 Å². The van der Waals surface area contributed by atoms with Gasteiger partial charge in [-0.1, -0.05) is 11.6 Å². The number of nitrogens with two attached hydrogens (primary N) is 1. The Labute approximate surface area is 163 Å². The molecule has 8 heteroatoms. The van der Waals surface area contributed by atoms with E-state index in [9.17, 15) is 14.7 Å². The van der Waals surface area contributed by atoms with Gasteiger partial charge in [0.2, 0.25) is 12.3 Å². The molecule has 2 fully saturated rings. The first-order valence-corrected chi connectivity index (χ1v) is 9.63. The number of aliphatic hydroxyl groups excluding tert-OH is 1. The van der Waals surface area contributed by atoms with Crippen molar-refractivity contribution in [1.82, 2.24) is 10.2 Å². The van der Waals surface area contributed by atoms with Crippen molar-refractivity contribution in [3.05, 3.63) is 23.2 Å². The van der Waals surface area contributed by atoms with Gasteiger partial charge in [-0.3, -0.25) is 9.59 Å². The number of halogens is 1. The van der Waals surface area contributed by atoms with Gasteiger partial charge >= 0.3 is 0 Å². The molecular weight excluding hydrogens is 370 g/mol. The summed E-state index contributed by atoms with van der Waals surface area (Å²) in [7, 11) is 0. The van der Waals surface area contributed by atoms with E-state index in [1.807, 2.05) is 4.90 Å². The lowest BCUT2D eigenvalue weighted by Crippen LogP contribution is -2.61. The number of hydrogen-bond donors (Lipinski definition) is 3. The molecule has 1 saturated carbocycles. The molecule has 27 heavy (non-hydrogen) atoms. The second-order valence-corrected chi connectivity index (χ2v) is 7.98. The van der Waals surface area contributed by atoms with E-state index in [1.54, 1.807) is 18.2 Å². The molecule has 0 aromatic heterocycles. The summed E-state index contributed by atoms with van der Waals surface area (Å²) in [5, 5.41) is 12.6. The number of nitrogens with one attached hydrogen (secondary N) is 1. The Balaban J connectivity index is 1.42. The van der Waals surface area contributed by atoms with E-state index in [0.717, 1.165) is 12.8 Å². The number of rotatable bonds is 7. The third kappa shape index (κ3) is 4.47. The molecule has 2 aliphatic rings. The van der Waals surface area contributed by atoms with Crippen LogP contribution in [0.25, 0.3) is 0 Å². The summed E-state index contributed by atoms with van der Waals surface area (Å²) in [6, 6.07) is 5.20. The molecule has 0 radical (unpaired) electrons. The Morgan fingerprint density at radius 1 is 1.41 bits per heavy atom. The van der Waals surface area contributed by atoms with Gasteiger partial charge in [0.25, 0.3) is 0 Å². The molecule has 0 spiro atoms. The minimum atomic E-state index is -0.618. The van der Waals surface area contributed by atoms with Crippen molar-refractivity contribution >= 4 is 29.6 Å². The lowest BCUT2D eigenvalue weighted by Gasteiger charge is -2.47. The molecule has 1 aromatic rings. The molecule has 148 valence electrons. The molecule has 1 aromatic carbocycles. The summed E-state index contributed by atoms with van der Waals surface area (Å²) in [5.41, 5.74) is 5.66. The van der Waals surface area contributed by atoms with Crippen molar-refractivity contribution in [3.63, 3.8) is 0 Å². The largest absolute Gasteiger partial charge is 0.492 e. The van der Waals surface area contributed by atoms with Gasteiger partial charge in [-0.15, -0.1) is 0 Å². The monoisotopic (exact) mass is 395 g/mol. The standard InChI is InChI=1S/C19H26ClN3O4/c20-16-7-15(21)1-2-17(16)27-10-13-3-5-23(6-4-13)18(26)14-8-19(9-14,11-24)22-12-25/h1-2,7,12-14,24H,3-6,8-11,21H2,(H,22,25). The topological polar surface area (TPSA) is 105 Å². The van der Waals surface area contributed by atoms with E-state index in [2.05, 4.69) is 5.32 Å². The molecule has 0 unspecified atom stereocenters. The number of hydrogen-bond acceptors (Lipinski definition) is 5. The summed E-state index contributed by atoms with van der Waals surface area (Å²) in [4.78, 5) is 25.2. The number of carbonyl (C=O) groups excluding carboxylic acids is 2. The maximum absolute atomic E-state index is 12.6. The van der Waals surface area contributed by atoms with Gasteiger partial charge in [0.15, 0.2) is 0 Å². The first-order valence-electron chi connectivity index (χ1n) is 9.25. The molecule has 1 aliphatic carbocycles. The predicted octanol–water partition coefficient (Wildman–Crippen LogP) is 1.43. The number of ether oxygens (including phenoxy) is 1. The summed E-state index contributed by atoms with van der Waals surface area (Å²) in [5.74, 6) is 0.998. The normalized spacial score (nSPS) is 25.6. The van der Waals surface area contributed by atoms with Gasteiger partial charge in [-0.25, -0.2) is 0 Å². The fourth-order valence-corrected chi connectivity index (χ4v) is 4.14. The molecule has 7 nitrogen and oxygen atoms in total. The highest BCUT2D eigenvalue weighted by Crippen LogP contribution is 2.39. The fourth-order valence-electron chi connectivity index (χ4n) is 3.90. The third-order valence-corrected chi connectivity index (χ3v) is 5.94. The lowest BCUT2D eigenvalue weighted by atomic mass is 9.68. The molecule has 4 N–H and O–H groups in total. The maximum Gasteiger partial charge on any atom is 0.225 e. The molecule has 3 rings (SSSR count). The number of anilines is 1. The van der Waals surface area contributed by atoms with Crippen LogP contribution in [-0.2, 0) is 9.59 Å². The number of amides is 2. The third-order valence-electron chi connectivity index (χ3n) is 5.65. The molecule has 2 amide bonds. The smallest absolute Gasteiger partial charge is 0.225 e. The molecular formula is C19H26ClN3O4. The zero-order valence-electron chi connectivity index (χ0n) is 15.2. The van der Waals surface area contributed by atoms with E-state index in [4.69, 9.17) is 22.1 Å². The average molecular weight is 396 g/mol. The number of aliphatic hydroxyl groups is 1. The molecule has 0 atom stereocenters. The predicted molar refractivity (Wildman–Crippen MR) is 102 cm³/mol. The Morgan fingerprint density at radius 3 is 2.70 bits per heavy atom. The van der Waals surface area contributed by atoms with Gasteiger partial charge < -0.3 is 25.8 Å². The van der Waals surface area contributed by atoms with Crippen molar-refractivity contribution in [3.8, 4) is 5.75 Å². The zero-order chi connectivity index (χ0) is 19.4. The average Bonchev–Trinajstić information content (AvgIpc) is 2.63. The van der Waals surface area contributed by atoms with Crippen LogP contribution in [0.1, 0.15) is 25.7 Å². The van der Waals surface area contributed by atoms with Gasteiger partial charge in [0, 0.05) is 24.7 Å². The molecule has 0 bridgehead atoms. The summed E-state index contributed by atoms with van der Waals surface area (Å²) in [6.07, 6.45) is 3.35.